The Morgan fingerprint density at radius 3 is 2.54 bits per heavy atom. The molecule has 1 aromatic heterocycles. The molecule has 2 heterocycles. The van der Waals surface area contributed by atoms with Crippen LogP contribution in [-0.4, -0.2) is 27.3 Å². The predicted molar refractivity (Wildman–Crippen MR) is 144 cm³/mol. The molecule has 1 aliphatic heterocycles. The Morgan fingerprint density at radius 1 is 1.06 bits per heavy atom. The molecular formula is C29H29N3O2S. The summed E-state index contributed by atoms with van der Waals surface area (Å²) in [5.74, 6) is 0.676. The van der Waals surface area contributed by atoms with Crippen molar-refractivity contribution in [2.75, 3.05) is 10.7 Å². The molecular weight excluding hydrogens is 454 g/mol. The van der Waals surface area contributed by atoms with Crippen molar-refractivity contribution in [1.82, 2.24) is 9.55 Å². The zero-order chi connectivity index (χ0) is 24.5. The number of anilines is 1. The Kier molecular flexibility index (Phi) is 6.48. The van der Waals surface area contributed by atoms with Gasteiger partial charge in [0.25, 0.3) is 5.56 Å². The van der Waals surface area contributed by atoms with E-state index >= 15 is 0 Å². The van der Waals surface area contributed by atoms with Gasteiger partial charge in [-0.3, -0.25) is 14.2 Å². The zero-order valence-electron chi connectivity index (χ0n) is 20.3. The van der Waals surface area contributed by atoms with Crippen molar-refractivity contribution in [3.8, 4) is 5.69 Å². The lowest BCUT2D eigenvalue weighted by molar-refractivity contribution is -0.116. The Hall–Kier alpha value is -3.38. The molecule has 5 nitrogen and oxygen atoms in total. The van der Waals surface area contributed by atoms with Gasteiger partial charge in [0.05, 0.1) is 22.3 Å². The summed E-state index contributed by atoms with van der Waals surface area (Å²) < 4.78 is 1.64. The van der Waals surface area contributed by atoms with E-state index in [4.69, 9.17) is 4.98 Å². The molecule has 0 aliphatic carbocycles. The fourth-order valence-corrected chi connectivity index (χ4v) is 5.64. The van der Waals surface area contributed by atoms with Crippen molar-refractivity contribution >= 4 is 34.3 Å². The number of amides is 1. The topological polar surface area (TPSA) is 55.2 Å². The lowest BCUT2D eigenvalue weighted by Gasteiger charge is -2.23. The van der Waals surface area contributed by atoms with Gasteiger partial charge in [0.2, 0.25) is 5.91 Å². The van der Waals surface area contributed by atoms with Gasteiger partial charge in [0.15, 0.2) is 5.16 Å². The van der Waals surface area contributed by atoms with Crippen LogP contribution in [0.15, 0.2) is 82.7 Å². The molecule has 6 heteroatoms. The van der Waals surface area contributed by atoms with Crippen LogP contribution in [0.2, 0.25) is 0 Å². The monoisotopic (exact) mass is 483 g/mol. The van der Waals surface area contributed by atoms with E-state index in [1.165, 1.54) is 22.9 Å². The van der Waals surface area contributed by atoms with Crippen LogP contribution < -0.4 is 10.5 Å². The molecule has 178 valence electrons. The molecule has 0 spiro atoms. The van der Waals surface area contributed by atoms with Gasteiger partial charge in [0, 0.05) is 11.7 Å². The van der Waals surface area contributed by atoms with Crippen LogP contribution in [-0.2, 0) is 11.2 Å². The third kappa shape index (κ3) is 4.39. The second kappa shape index (κ2) is 9.70. The average molecular weight is 484 g/mol. The van der Waals surface area contributed by atoms with Crippen LogP contribution in [0.5, 0.6) is 0 Å². The number of hydrogen-bond acceptors (Lipinski definition) is 4. The molecule has 0 fully saturated rings. The van der Waals surface area contributed by atoms with Gasteiger partial charge in [-0.2, -0.15) is 0 Å². The zero-order valence-corrected chi connectivity index (χ0v) is 21.1. The normalized spacial score (nSPS) is 15.9. The number of benzene rings is 3. The Morgan fingerprint density at radius 2 is 1.77 bits per heavy atom. The summed E-state index contributed by atoms with van der Waals surface area (Å²) in [5, 5.41) is 1.09. The molecule has 0 saturated carbocycles. The number of para-hydroxylation sites is 2. The highest BCUT2D eigenvalue weighted by Crippen LogP contribution is 2.33. The van der Waals surface area contributed by atoms with E-state index in [2.05, 4.69) is 39.0 Å². The predicted octanol–water partition coefficient (Wildman–Crippen LogP) is 5.97. The Bertz CT molecular complexity index is 1440. The van der Waals surface area contributed by atoms with Gasteiger partial charge in [0.1, 0.15) is 0 Å². The van der Waals surface area contributed by atoms with Gasteiger partial charge < -0.3 is 4.90 Å². The van der Waals surface area contributed by atoms with Crippen LogP contribution >= 0.6 is 11.8 Å². The van der Waals surface area contributed by atoms with Gasteiger partial charge in [-0.1, -0.05) is 68.1 Å². The van der Waals surface area contributed by atoms with Crippen LogP contribution in [0, 0.1) is 0 Å². The first-order chi connectivity index (χ1) is 17.0. The van der Waals surface area contributed by atoms with Crippen LogP contribution in [0.4, 0.5) is 5.69 Å². The number of carbonyl (C=O) groups excluding carboxylic acids is 1. The van der Waals surface area contributed by atoms with Crippen molar-refractivity contribution in [3.05, 3.63) is 94.3 Å². The van der Waals surface area contributed by atoms with Crippen LogP contribution in [0.1, 0.15) is 44.2 Å². The Labute approximate surface area is 209 Å². The largest absolute Gasteiger partial charge is 0.308 e. The average Bonchev–Trinajstić information content (AvgIpc) is 3.22. The number of carbonyl (C=O) groups is 1. The van der Waals surface area contributed by atoms with E-state index in [1.54, 1.807) is 10.6 Å². The minimum absolute atomic E-state index is 0.0218. The maximum absolute atomic E-state index is 13.6. The van der Waals surface area contributed by atoms with Crippen molar-refractivity contribution in [2.24, 2.45) is 0 Å². The summed E-state index contributed by atoms with van der Waals surface area (Å²) in [4.78, 5) is 33.6. The Balaban J connectivity index is 1.50. The van der Waals surface area contributed by atoms with Crippen LogP contribution in [0.3, 0.4) is 0 Å². The molecule has 1 aliphatic rings. The summed E-state index contributed by atoms with van der Waals surface area (Å²) in [6.45, 7) is 6.44. The van der Waals surface area contributed by atoms with E-state index in [9.17, 15) is 9.59 Å². The van der Waals surface area contributed by atoms with E-state index < -0.39 is 0 Å². The fraction of sp³-hybridized carbons (Fsp3) is 0.276. The van der Waals surface area contributed by atoms with Crippen molar-refractivity contribution in [3.63, 3.8) is 0 Å². The molecule has 2 unspecified atom stereocenters. The standard InChI is InChI=1S/C29H29N3O2S/c1-4-19(2)21-13-15-23(16-14-21)32-28(34)24-10-6-7-11-25(24)30-29(32)35-18-27(33)31-20(3)17-22-9-5-8-12-26(22)31/h5-16,19-20H,4,17-18H2,1-3H3. The third-order valence-electron chi connectivity index (χ3n) is 6.88. The second-order valence-corrected chi connectivity index (χ2v) is 10.1. The summed E-state index contributed by atoms with van der Waals surface area (Å²) in [6, 6.07) is 23.7. The molecule has 0 radical (unpaired) electrons. The van der Waals surface area contributed by atoms with Gasteiger partial charge in [-0.05, 0) is 67.1 Å². The first-order valence-electron chi connectivity index (χ1n) is 12.1. The van der Waals surface area contributed by atoms with E-state index in [1.807, 2.05) is 53.4 Å². The van der Waals surface area contributed by atoms with E-state index in [-0.39, 0.29) is 23.3 Å². The second-order valence-electron chi connectivity index (χ2n) is 9.19. The first kappa shape index (κ1) is 23.4. The lowest BCUT2D eigenvalue weighted by Crippen LogP contribution is -2.37. The quantitative estimate of drug-likeness (QED) is 0.250. The third-order valence-corrected chi connectivity index (χ3v) is 7.80. The molecule has 35 heavy (non-hydrogen) atoms. The highest BCUT2D eigenvalue weighted by molar-refractivity contribution is 7.99. The van der Waals surface area contributed by atoms with E-state index in [0.29, 0.717) is 22.0 Å². The number of hydrogen-bond donors (Lipinski definition) is 0. The van der Waals surface area contributed by atoms with Crippen molar-refractivity contribution in [1.29, 1.82) is 0 Å². The minimum Gasteiger partial charge on any atom is -0.308 e. The number of rotatable bonds is 6. The minimum atomic E-state index is -0.123. The molecule has 0 saturated heterocycles. The summed E-state index contributed by atoms with van der Waals surface area (Å²) >= 11 is 1.32. The molecule has 5 rings (SSSR count). The molecule has 4 aromatic rings. The highest BCUT2D eigenvalue weighted by atomic mass is 32.2. The van der Waals surface area contributed by atoms with Crippen molar-refractivity contribution < 1.29 is 4.79 Å². The molecule has 1 amide bonds. The highest BCUT2D eigenvalue weighted by Gasteiger charge is 2.30. The number of thioether (sulfide) groups is 1. The number of fused-ring (bicyclic) bond motifs is 2. The van der Waals surface area contributed by atoms with Crippen LogP contribution in [0.25, 0.3) is 16.6 Å². The smallest absolute Gasteiger partial charge is 0.266 e. The number of nitrogens with zero attached hydrogens (tertiary/aromatic N) is 3. The van der Waals surface area contributed by atoms with Gasteiger partial charge in [-0.25, -0.2) is 4.98 Å². The molecule has 0 bridgehead atoms. The summed E-state index contributed by atoms with van der Waals surface area (Å²) in [5.41, 5.74) is 4.69. The van der Waals surface area contributed by atoms with E-state index in [0.717, 1.165) is 24.2 Å². The lowest BCUT2D eigenvalue weighted by atomic mass is 9.98. The maximum atomic E-state index is 13.6. The summed E-state index contributed by atoms with van der Waals surface area (Å²) in [6.07, 6.45) is 1.91. The first-order valence-corrected chi connectivity index (χ1v) is 13.1. The number of aromatic nitrogens is 2. The maximum Gasteiger partial charge on any atom is 0.266 e. The van der Waals surface area contributed by atoms with Gasteiger partial charge in [-0.15, -0.1) is 0 Å². The SMILES string of the molecule is CCC(C)c1ccc(-n2c(SCC(=O)N3c4ccccc4CC3C)nc3ccccc3c2=O)cc1. The summed E-state index contributed by atoms with van der Waals surface area (Å²) in [7, 11) is 0. The molecule has 2 atom stereocenters. The van der Waals surface area contributed by atoms with Crippen molar-refractivity contribution in [2.45, 2.75) is 50.7 Å². The fourth-order valence-electron chi connectivity index (χ4n) is 4.77. The molecule has 0 N–H and O–H groups in total. The molecule has 3 aromatic carbocycles. The van der Waals surface area contributed by atoms with Gasteiger partial charge >= 0.3 is 0 Å².